The molecule has 2 aromatic carbocycles. The second-order valence-electron chi connectivity index (χ2n) is 8.05. The van der Waals surface area contributed by atoms with E-state index in [2.05, 4.69) is 36.4 Å². The molecule has 0 unspecified atom stereocenters. The third-order valence-corrected chi connectivity index (χ3v) is 6.90. The number of anilines is 1. The third-order valence-electron chi connectivity index (χ3n) is 5.76. The average molecular weight is 412 g/mol. The zero-order valence-corrected chi connectivity index (χ0v) is 18.0. The van der Waals surface area contributed by atoms with Gasteiger partial charge in [0.05, 0.1) is 4.90 Å². The van der Waals surface area contributed by atoms with Crippen molar-refractivity contribution in [3.63, 3.8) is 0 Å². The first kappa shape index (κ1) is 20.1. The van der Waals surface area contributed by atoms with Gasteiger partial charge in [-0.05, 0) is 74.0 Å². The number of hydrogen-bond donors (Lipinski definition) is 1. The molecule has 0 aromatic heterocycles. The van der Waals surface area contributed by atoms with Crippen LogP contribution in [0.2, 0.25) is 0 Å². The molecular weight excluding hydrogens is 382 g/mol. The third kappa shape index (κ3) is 4.70. The van der Waals surface area contributed by atoms with Crippen LogP contribution in [0.1, 0.15) is 30.4 Å². The minimum absolute atomic E-state index is 0.278. The zero-order chi connectivity index (χ0) is 20.4. The number of ether oxygens (including phenoxy) is 1. The lowest BCUT2D eigenvalue weighted by Gasteiger charge is -2.37. The summed E-state index contributed by atoms with van der Waals surface area (Å²) in [7, 11) is 0. The molecule has 2 fully saturated rings. The number of nitrogen functional groups attached to an aromatic ring is 1. The Morgan fingerprint density at radius 1 is 1.03 bits per heavy atom. The van der Waals surface area contributed by atoms with Crippen molar-refractivity contribution in [2.24, 2.45) is 5.92 Å². The highest BCUT2D eigenvalue weighted by Gasteiger charge is 2.31. The van der Waals surface area contributed by atoms with Crippen LogP contribution in [0.3, 0.4) is 0 Å². The Bertz CT molecular complexity index is 890. The first-order valence-electron chi connectivity index (χ1n) is 10.4. The summed E-state index contributed by atoms with van der Waals surface area (Å²) in [4.78, 5) is 15.5. The number of benzene rings is 2. The Morgan fingerprint density at radius 3 is 2.48 bits per heavy atom. The van der Waals surface area contributed by atoms with Crippen molar-refractivity contribution in [1.82, 2.24) is 9.21 Å². The van der Waals surface area contributed by atoms with Crippen molar-refractivity contribution in [1.29, 1.82) is 0 Å². The number of aryl methyl sites for hydroxylation is 2. The molecule has 1 saturated carbocycles. The van der Waals surface area contributed by atoms with Crippen LogP contribution in [0.15, 0.2) is 41.3 Å². The first-order valence-corrected chi connectivity index (χ1v) is 11.1. The highest BCUT2D eigenvalue weighted by atomic mass is 32.2. The number of piperazine rings is 1. The van der Waals surface area contributed by atoms with Gasteiger partial charge in [0.15, 0.2) is 0 Å². The monoisotopic (exact) mass is 411 g/mol. The number of carbonyl (C=O) groups is 1. The number of hydrogen-bond acceptors (Lipinski definition) is 5. The van der Waals surface area contributed by atoms with Crippen molar-refractivity contribution in [2.75, 3.05) is 31.9 Å². The lowest BCUT2D eigenvalue weighted by molar-refractivity contribution is -0.139. The van der Waals surface area contributed by atoms with E-state index in [4.69, 9.17) is 10.5 Å². The van der Waals surface area contributed by atoms with E-state index in [0.717, 1.165) is 66.7 Å². The zero-order valence-electron chi connectivity index (χ0n) is 17.2. The van der Waals surface area contributed by atoms with Gasteiger partial charge in [-0.25, -0.2) is 4.31 Å². The minimum Gasteiger partial charge on any atom is -0.456 e. The number of amides is 1. The molecule has 2 aromatic rings. The Labute approximate surface area is 177 Å². The molecule has 29 heavy (non-hydrogen) atoms. The molecular formula is C23H29N3O2S. The van der Waals surface area contributed by atoms with Gasteiger partial charge in [-0.15, -0.1) is 0 Å². The van der Waals surface area contributed by atoms with Crippen molar-refractivity contribution in [3.05, 3.63) is 47.5 Å². The fourth-order valence-electron chi connectivity index (χ4n) is 3.67. The molecule has 154 valence electrons. The molecule has 1 amide bonds. The van der Waals surface area contributed by atoms with E-state index < -0.39 is 0 Å². The van der Waals surface area contributed by atoms with Gasteiger partial charge in [-0.3, -0.25) is 4.79 Å². The van der Waals surface area contributed by atoms with Crippen molar-refractivity contribution in [2.45, 2.75) is 38.0 Å². The fraction of sp³-hybridized carbons (Fsp3) is 0.435. The number of nitrogens with two attached hydrogens (primary N) is 1. The number of carbonyl (C=O) groups excluding carboxylic acids is 1. The minimum atomic E-state index is 0.278. The predicted molar refractivity (Wildman–Crippen MR) is 118 cm³/mol. The lowest BCUT2D eigenvalue weighted by atomic mass is 9.84. The van der Waals surface area contributed by atoms with Gasteiger partial charge in [-0.2, -0.15) is 0 Å². The summed E-state index contributed by atoms with van der Waals surface area (Å²) in [6, 6.07) is 12.0. The van der Waals surface area contributed by atoms with E-state index >= 15 is 0 Å². The Morgan fingerprint density at radius 2 is 1.79 bits per heavy atom. The van der Waals surface area contributed by atoms with E-state index in [1.54, 1.807) is 11.9 Å². The maximum Gasteiger partial charge on any atom is 0.225 e. The van der Waals surface area contributed by atoms with Crippen LogP contribution in [0, 0.1) is 19.8 Å². The van der Waals surface area contributed by atoms with Gasteiger partial charge < -0.3 is 15.4 Å². The van der Waals surface area contributed by atoms with Crippen molar-refractivity contribution in [3.8, 4) is 11.5 Å². The summed E-state index contributed by atoms with van der Waals surface area (Å²) in [6.07, 6.45) is 3.33. The van der Waals surface area contributed by atoms with Gasteiger partial charge in [0.25, 0.3) is 0 Å². The Hall–Kier alpha value is -2.18. The van der Waals surface area contributed by atoms with Crippen LogP contribution in [-0.2, 0) is 4.79 Å². The molecule has 1 aliphatic heterocycles. The smallest absolute Gasteiger partial charge is 0.225 e. The molecule has 2 N–H and O–H groups in total. The van der Waals surface area contributed by atoms with Gasteiger partial charge in [0.2, 0.25) is 5.91 Å². The van der Waals surface area contributed by atoms with Crippen molar-refractivity contribution >= 4 is 23.5 Å². The summed E-state index contributed by atoms with van der Waals surface area (Å²) >= 11 is 1.67. The topological polar surface area (TPSA) is 58.8 Å². The normalized spacial score (nSPS) is 17.8. The molecule has 1 heterocycles. The summed E-state index contributed by atoms with van der Waals surface area (Å²) in [6.45, 7) is 7.39. The summed E-state index contributed by atoms with van der Waals surface area (Å²) in [5.74, 6) is 2.31. The molecule has 0 radical (unpaired) electrons. The Kier molecular flexibility index (Phi) is 6.01. The van der Waals surface area contributed by atoms with Crippen LogP contribution in [0.25, 0.3) is 0 Å². The van der Waals surface area contributed by atoms with Gasteiger partial charge in [0.1, 0.15) is 11.5 Å². The van der Waals surface area contributed by atoms with E-state index in [1.807, 2.05) is 23.1 Å². The van der Waals surface area contributed by atoms with E-state index in [-0.39, 0.29) is 5.92 Å². The largest absolute Gasteiger partial charge is 0.456 e. The van der Waals surface area contributed by atoms with E-state index in [0.29, 0.717) is 5.91 Å². The van der Waals surface area contributed by atoms with Gasteiger partial charge in [-0.1, -0.05) is 18.6 Å². The summed E-state index contributed by atoms with van der Waals surface area (Å²) < 4.78 is 8.56. The molecule has 4 rings (SSSR count). The summed E-state index contributed by atoms with van der Waals surface area (Å²) in [5.41, 5.74) is 9.05. The number of nitrogens with zero attached hydrogens (tertiary/aromatic N) is 2. The molecule has 5 nitrogen and oxygen atoms in total. The first-order chi connectivity index (χ1) is 14.0. The van der Waals surface area contributed by atoms with E-state index in [1.165, 1.54) is 12.0 Å². The molecule has 0 atom stereocenters. The predicted octanol–water partition coefficient (Wildman–Crippen LogP) is 4.63. The van der Waals surface area contributed by atoms with E-state index in [9.17, 15) is 4.79 Å². The summed E-state index contributed by atoms with van der Waals surface area (Å²) in [5, 5.41) is 0. The van der Waals surface area contributed by atoms with Crippen molar-refractivity contribution < 1.29 is 9.53 Å². The van der Waals surface area contributed by atoms with Crippen LogP contribution in [0.5, 0.6) is 11.5 Å². The highest BCUT2D eigenvalue weighted by Crippen LogP contribution is 2.38. The SMILES string of the molecule is Cc1ccc(C)c(Oc2ccc(N)cc2SN2CCN(C(=O)C3CCC3)CC2)c1. The van der Waals surface area contributed by atoms with Gasteiger partial charge in [0, 0.05) is 37.8 Å². The molecule has 1 saturated heterocycles. The fourth-order valence-corrected chi connectivity index (χ4v) is 4.68. The molecule has 1 aliphatic carbocycles. The molecule has 6 heteroatoms. The van der Waals surface area contributed by atoms with Crippen LogP contribution >= 0.6 is 11.9 Å². The quantitative estimate of drug-likeness (QED) is 0.574. The maximum absolute atomic E-state index is 12.5. The average Bonchev–Trinajstić information content (AvgIpc) is 2.66. The Balaban J connectivity index is 1.43. The van der Waals surface area contributed by atoms with Gasteiger partial charge >= 0.3 is 0 Å². The number of rotatable bonds is 5. The second-order valence-corrected chi connectivity index (χ2v) is 9.19. The van der Waals surface area contributed by atoms with Crippen LogP contribution in [-0.4, -0.2) is 41.3 Å². The molecule has 0 bridgehead atoms. The standard InChI is InChI=1S/C23H29N3O2S/c1-16-6-7-17(2)21(14-16)28-20-9-8-19(24)15-22(20)29-26-12-10-25(11-13-26)23(27)18-4-3-5-18/h6-9,14-15,18H,3-5,10-13,24H2,1-2H3. The second kappa shape index (κ2) is 8.67. The lowest BCUT2D eigenvalue weighted by Crippen LogP contribution is -2.49. The maximum atomic E-state index is 12.5. The molecule has 0 spiro atoms. The highest BCUT2D eigenvalue weighted by molar-refractivity contribution is 7.97. The van der Waals surface area contributed by atoms with Crippen LogP contribution in [0.4, 0.5) is 5.69 Å². The van der Waals surface area contributed by atoms with Crippen LogP contribution < -0.4 is 10.5 Å². The molecule has 2 aliphatic rings.